The molecule has 1 aromatic rings. The third kappa shape index (κ3) is 5.73. The normalized spacial score (nSPS) is 10.4. The molecule has 0 bridgehead atoms. The van der Waals surface area contributed by atoms with Crippen LogP contribution < -0.4 is 0 Å². The summed E-state index contributed by atoms with van der Waals surface area (Å²) < 4.78 is 0. The van der Waals surface area contributed by atoms with Crippen molar-refractivity contribution in [1.82, 2.24) is 9.97 Å². The van der Waals surface area contributed by atoms with Crippen LogP contribution in [0.3, 0.4) is 0 Å². The first-order valence-corrected chi connectivity index (χ1v) is 6.97. The highest BCUT2D eigenvalue weighted by atomic mass is 16.1. The van der Waals surface area contributed by atoms with Crippen molar-refractivity contribution in [2.75, 3.05) is 0 Å². The van der Waals surface area contributed by atoms with Crippen molar-refractivity contribution in [3.8, 4) is 0 Å². The second-order valence-corrected chi connectivity index (χ2v) is 4.79. The van der Waals surface area contributed by atoms with E-state index in [1.54, 1.807) is 13.1 Å². The third-order valence-corrected chi connectivity index (χ3v) is 3.06. The second-order valence-electron chi connectivity index (χ2n) is 4.79. The SMILES string of the molecule is CCCCCCCC(=O)CC(=O)c1nccnc1C. The highest BCUT2D eigenvalue weighted by molar-refractivity contribution is 6.07. The van der Waals surface area contributed by atoms with Gasteiger partial charge >= 0.3 is 0 Å². The first-order valence-electron chi connectivity index (χ1n) is 6.97. The molecule has 0 N–H and O–H groups in total. The van der Waals surface area contributed by atoms with Gasteiger partial charge in [-0.2, -0.15) is 0 Å². The van der Waals surface area contributed by atoms with Crippen molar-refractivity contribution in [2.45, 2.75) is 58.8 Å². The molecule has 0 aliphatic carbocycles. The Morgan fingerprint density at radius 1 is 1.05 bits per heavy atom. The van der Waals surface area contributed by atoms with Crippen LogP contribution in [0.15, 0.2) is 12.4 Å². The molecule has 1 aromatic heterocycles. The summed E-state index contributed by atoms with van der Waals surface area (Å²) in [6, 6.07) is 0. The summed E-state index contributed by atoms with van der Waals surface area (Å²) in [5.41, 5.74) is 0.907. The quantitative estimate of drug-likeness (QED) is 0.389. The van der Waals surface area contributed by atoms with E-state index in [4.69, 9.17) is 0 Å². The minimum Gasteiger partial charge on any atom is -0.299 e. The molecule has 19 heavy (non-hydrogen) atoms. The van der Waals surface area contributed by atoms with Gasteiger partial charge in [-0.3, -0.25) is 14.6 Å². The van der Waals surface area contributed by atoms with Crippen molar-refractivity contribution in [2.24, 2.45) is 0 Å². The van der Waals surface area contributed by atoms with Crippen LogP contribution >= 0.6 is 0 Å². The van der Waals surface area contributed by atoms with E-state index in [-0.39, 0.29) is 18.0 Å². The first-order chi connectivity index (χ1) is 9.15. The van der Waals surface area contributed by atoms with Crippen LogP contribution in [0.2, 0.25) is 0 Å². The molecule has 0 aromatic carbocycles. The van der Waals surface area contributed by atoms with E-state index in [0.717, 1.165) is 12.8 Å². The van der Waals surface area contributed by atoms with Crippen LogP contribution in [-0.2, 0) is 4.79 Å². The Kier molecular flexibility index (Phi) is 6.93. The van der Waals surface area contributed by atoms with Crippen molar-refractivity contribution in [3.63, 3.8) is 0 Å². The molecular formula is C15H22N2O2. The van der Waals surface area contributed by atoms with Gasteiger partial charge in [0.2, 0.25) is 0 Å². The Balaban J connectivity index is 2.32. The number of aromatic nitrogens is 2. The number of hydrogen-bond donors (Lipinski definition) is 0. The highest BCUT2D eigenvalue weighted by Crippen LogP contribution is 2.09. The zero-order valence-electron chi connectivity index (χ0n) is 11.8. The molecule has 1 rings (SSSR count). The average Bonchev–Trinajstić information content (AvgIpc) is 2.39. The molecule has 0 saturated carbocycles. The molecule has 4 nitrogen and oxygen atoms in total. The van der Waals surface area contributed by atoms with Crippen LogP contribution in [0.25, 0.3) is 0 Å². The number of nitrogens with zero attached hydrogens (tertiary/aromatic N) is 2. The van der Waals surface area contributed by atoms with Crippen molar-refractivity contribution >= 4 is 11.6 Å². The fourth-order valence-electron chi connectivity index (χ4n) is 1.96. The van der Waals surface area contributed by atoms with Gasteiger partial charge in [0.1, 0.15) is 11.5 Å². The Morgan fingerprint density at radius 3 is 2.42 bits per heavy atom. The maximum absolute atomic E-state index is 11.9. The maximum Gasteiger partial charge on any atom is 0.190 e. The molecule has 0 radical (unpaired) electrons. The smallest absolute Gasteiger partial charge is 0.190 e. The van der Waals surface area contributed by atoms with Crippen LogP contribution in [-0.4, -0.2) is 21.5 Å². The summed E-state index contributed by atoms with van der Waals surface area (Å²) >= 11 is 0. The fraction of sp³-hybridized carbons (Fsp3) is 0.600. The Bertz CT molecular complexity index is 430. The summed E-state index contributed by atoms with van der Waals surface area (Å²) in [6.07, 6.45) is 8.99. The van der Waals surface area contributed by atoms with Crippen LogP contribution in [0.5, 0.6) is 0 Å². The summed E-state index contributed by atoms with van der Waals surface area (Å²) in [4.78, 5) is 31.6. The molecule has 0 unspecified atom stereocenters. The number of carbonyl (C=O) groups is 2. The number of carbonyl (C=O) groups excluding carboxylic acids is 2. The summed E-state index contributed by atoms with van der Waals surface area (Å²) in [6.45, 7) is 3.89. The van der Waals surface area contributed by atoms with Crippen molar-refractivity contribution < 1.29 is 9.59 Å². The van der Waals surface area contributed by atoms with Gasteiger partial charge in [0.25, 0.3) is 0 Å². The molecular weight excluding hydrogens is 240 g/mol. The van der Waals surface area contributed by atoms with E-state index in [2.05, 4.69) is 16.9 Å². The second kappa shape index (κ2) is 8.51. The Hall–Kier alpha value is -1.58. The van der Waals surface area contributed by atoms with Gasteiger partial charge in [-0.15, -0.1) is 0 Å². The predicted octanol–water partition coefficient (Wildman–Crippen LogP) is 3.29. The number of aryl methyl sites for hydroxylation is 1. The zero-order valence-corrected chi connectivity index (χ0v) is 11.8. The minimum absolute atomic E-state index is 0.00607. The van der Waals surface area contributed by atoms with Gasteiger partial charge in [-0.05, 0) is 13.3 Å². The summed E-state index contributed by atoms with van der Waals surface area (Å²) in [5.74, 6) is -0.212. The first kappa shape index (κ1) is 15.5. The minimum atomic E-state index is -0.218. The third-order valence-electron chi connectivity index (χ3n) is 3.06. The van der Waals surface area contributed by atoms with Gasteiger partial charge < -0.3 is 0 Å². The van der Waals surface area contributed by atoms with Gasteiger partial charge in [0, 0.05) is 18.8 Å². The summed E-state index contributed by atoms with van der Waals surface area (Å²) in [5, 5.41) is 0. The molecule has 0 spiro atoms. The molecule has 104 valence electrons. The van der Waals surface area contributed by atoms with Crippen LogP contribution in [0.4, 0.5) is 0 Å². The molecule has 0 saturated heterocycles. The van der Waals surface area contributed by atoms with Crippen molar-refractivity contribution in [1.29, 1.82) is 0 Å². The molecule has 0 aliphatic rings. The Labute approximate surface area is 114 Å². The molecule has 0 aliphatic heterocycles. The molecule has 1 heterocycles. The topological polar surface area (TPSA) is 59.9 Å². The van der Waals surface area contributed by atoms with E-state index in [0.29, 0.717) is 17.8 Å². The van der Waals surface area contributed by atoms with Crippen LogP contribution in [0, 0.1) is 6.92 Å². The summed E-state index contributed by atoms with van der Waals surface area (Å²) in [7, 11) is 0. The number of unbranched alkanes of at least 4 members (excludes halogenated alkanes) is 4. The lowest BCUT2D eigenvalue weighted by atomic mass is 10.0. The fourth-order valence-corrected chi connectivity index (χ4v) is 1.96. The van der Waals surface area contributed by atoms with Gasteiger partial charge in [-0.25, -0.2) is 4.98 Å². The van der Waals surface area contributed by atoms with Gasteiger partial charge in [0.15, 0.2) is 5.78 Å². The Morgan fingerprint density at radius 2 is 1.74 bits per heavy atom. The van der Waals surface area contributed by atoms with Gasteiger partial charge in [-0.1, -0.05) is 32.6 Å². The zero-order chi connectivity index (χ0) is 14.1. The van der Waals surface area contributed by atoms with E-state index >= 15 is 0 Å². The number of hydrogen-bond acceptors (Lipinski definition) is 4. The largest absolute Gasteiger partial charge is 0.299 e. The maximum atomic E-state index is 11.9. The standard InChI is InChI=1S/C15H22N2O2/c1-3-4-5-6-7-8-13(18)11-14(19)15-12(2)16-9-10-17-15/h9-10H,3-8,11H2,1-2H3. The number of Topliss-reactive ketones (excluding diaryl/α,β-unsaturated/α-hetero) is 2. The van der Waals surface area contributed by atoms with Gasteiger partial charge in [0.05, 0.1) is 12.1 Å². The average molecular weight is 262 g/mol. The highest BCUT2D eigenvalue weighted by Gasteiger charge is 2.15. The lowest BCUT2D eigenvalue weighted by molar-refractivity contribution is -0.118. The monoisotopic (exact) mass is 262 g/mol. The van der Waals surface area contributed by atoms with Crippen molar-refractivity contribution in [3.05, 3.63) is 23.8 Å². The molecule has 0 atom stereocenters. The lowest BCUT2D eigenvalue weighted by Gasteiger charge is -2.03. The molecule has 0 amide bonds. The van der Waals surface area contributed by atoms with E-state index < -0.39 is 0 Å². The molecule has 4 heteroatoms. The lowest BCUT2D eigenvalue weighted by Crippen LogP contribution is -2.11. The van der Waals surface area contributed by atoms with E-state index in [9.17, 15) is 9.59 Å². The van der Waals surface area contributed by atoms with E-state index in [1.165, 1.54) is 25.5 Å². The predicted molar refractivity (Wildman–Crippen MR) is 74.1 cm³/mol. The van der Waals surface area contributed by atoms with E-state index in [1.807, 2.05) is 0 Å². The molecule has 0 fully saturated rings. The number of ketones is 2. The number of rotatable bonds is 9. The van der Waals surface area contributed by atoms with Crippen LogP contribution in [0.1, 0.15) is 68.1 Å².